The lowest BCUT2D eigenvalue weighted by atomic mass is 9.67. The van der Waals surface area contributed by atoms with Crippen LogP contribution in [-0.4, -0.2) is 34.1 Å². The average Bonchev–Trinajstić information content (AvgIpc) is 2.44. The first kappa shape index (κ1) is 14.6. The Morgan fingerprint density at radius 3 is 2.52 bits per heavy atom. The van der Waals surface area contributed by atoms with Crippen LogP contribution in [0.4, 0.5) is 0 Å². The van der Waals surface area contributed by atoms with E-state index in [2.05, 4.69) is 26.0 Å². The molecule has 1 aromatic carbocycles. The second-order valence-electron chi connectivity index (χ2n) is 7.02. The normalized spacial score (nSPS) is 36.1. The molecular formula is C18H25NO2. The van der Waals surface area contributed by atoms with Crippen molar-refractivity contribution < 1.29 is 9.90 Å². The van der Waals surface area contributed by atoms with Gasteiger partial charge in [-0.1, -0.05) is 37.3 Å². The number of piperidine rings is 1. The summed E-state index contributed by atoms with van der Waals surface area (Å²) in [5, 5.41) is 10.7. The lowest BCUT2D eigenvalue weighted by Gasteiger charge is -2.47. The van der Waals surface area contributed by atoms with Gasteiger partial charge in [-0.05, 0) is 50.0 Å². The predicted octanol–water partition coefficient (Wildman–Crippen LogP) is 2.94. The molecule has 1 saturated carbocycles. The Morgan fingerprint density at radius 2 is 1.90 bits per heavy atom. The molecule has 1 amide bonds. The van der Waals surface area contributed by atoms with E-state index >= 15 is 0 Å². The van der Waals surface area contributed by atoms with Crippen molar-refractivity contribution >= 4 is 5.91 Å². The SMILES string of the molecule is C[C@@H]1CCN(C(=O)C2(O)CC(c3ccccc3)C2)[C@H](C)C1. The maximum absolute atomic E-state index is 12.7. The van der Waals surface area contributed by atoms with Gasteiger partial charge in [0.05, 0.1) is 0 Å². The highest BCUT2D eigenvalue weighted by Crippen LogP contribution is 2.46. The summed E-state index contributed by atoms with van der Waals surface area (Å²) >= 11 is 0. The van der Waals surface area contributed by atoms with Gasteiger partial charge >= 0.3 is 0 Å². The molecule has 0 aromatic heterocycles. The Balaban J connectivity index is 1.64. The number of benzene rings is 1. The first-order valence-corrected chi connectivity index (χ1v) is 8.08. The van der Waals surface area contributed by atoms with Crippen molar-refractivity contribution in [3.8, 4) is 0 Å². The molecule has 21 heavy (non-hydrogen) atoms. The summed E-state index contributed by atoms with van der Waals surface area (Å²) in [7, 11) is 0. The predicted molar refractivity (Wildman–Crippen MR) is 82.9 cm³/mol. The molecule has 1 N–H and O–H groups in total. The fourth-order valence-corrected chi connectivity index (χ4v) is 3.87. The highest BCUT2D eigenvalue weighted by atomic mass is 16.3. The Kier molecular flexibility index (Phi) is 3.78. The van der Waals surface area contributed by atoms with Gasteiger partial charge in [0, 0.05) is 12.6 Å². The van der Waals surface area contributed by atoms with Crippen molar-refractivity contribution in [2.75, 3.05) is 6.54 Å². The summed E-state index contributed by atoms with van der Waals surface area (Å²) in [4.78, 5) is 14.6. The molecule has 3 heteroatoms. The van der Waals surface area contributed by atoms with Crippen LogP contribution in [0.2, 0.25) is 0 Å². The second kappa shape index (κ2) is 5.45. The van der Waals surface area contributed by atoms with Crippen molar-refractivity contribution in [1.29, 1.82) is 0 Å². The maximum atomic E-state index is 12.7. The number of amides is 1. The maximum Gasteiger partial charge on any atom is 0.254 e. The summed E-state index contributed by atoms with van der Waals surface area (Å²) in [6.07, 6.45) is 3.22. The molecule has 1 aliphatic carbocycles. The zero-order valence-electron chi connectivity index (χ0n) is 13.0. The van der Waals surface area contributed by atoms with Crippen LogP contribution in [0.1, 0.15) is 51.0 Å². The molecule has 2 atom stereocenters. The van der Waals surface area contributed by atoms with Crippen LogP contribution in [0.15, 0.2) is 30.3 Å². The number of likely N-dealkylation sites (tertiary alicyclic amines) is 1. The number of rotatable bonds is 2. The molecule has 0 bridgehead atoms. The second-order valence-corrected chi connectivity index (χ2v) is 7.02. The molecule has 1 saturated heterocycles. The monoisotopic (exact) mass is 287 g/mol. The van der Waals surface area contributed by atoms with Crippen molar-refractivity contribution in [2.45, 2.75) is 57.1 Å². The van der Waals surface area contributed by atoms with E-state index in [-0.39, 0.29) is 11.9 Å². The van der Waals surface area contributed by atoms with Gasteiger partial charge in [-0.3, -0.25) is 4.79 Å². The van der Waals surface area contributed by atoms with E-state index in [1.54, 1.807) is 0 Å². The van der Waals surface area contributed by atoms with E-state index in [9.17, 15) is 9.90 Å². The van der Waals surface area contributed by atoms with E-state index in [0.717, 1.165) is 19.4 Å². The molecule has 2 fully saturated rings. The highest BCUT2D eigenvalue weighted by molar-refractivity contribution is 5.86. The van der Waals surface area contributed by atoms with E-state index < -0.39 is 5.60 Å². The number of aliphatic hydroxyl groups is 1. The van der Waals surface area contributed by atoms with E-state index in [0.29, 0.717) is 24.7 Å². The number of nitrogens with zero attached hydrogens (tertiary/aromatic N) is 1. The van der Waals surface area contributed by atoms with Crippen LogP contribution in [-0.2, 0) is 4.79 Å². The number of carbonyl (C=O) groups is 1. The summed E-state index contributed by atoms with van der Waals surface area (Å²) in [6, 6.07) is 10.4. The van der Waals surface area contributed by atoms with Gasteiger partial charge in [0.2, 0.25) is 0 Å². The van der Waals surface area contributed by atoms with Gasteiger partial charge in [0.15, 0.2) is 0 Å². The third-order valence-corrected chi connectivity index (χ3v) is 5.24. The fourth-order valence-electron chi connectivity index (χ4n) is 3.87. The Morgan fingerprint density at radius 1 is 1.24 bits per heavy atom. The quantitative estimate of drug-likeness (QED) is 0.908. The minimum absolute atomic E-state index is 0.0471. The molecule has 3 rings (SSSR count). The van der Waals surface area contributed by atoms with Crippen molar-refractivity contribution in [3.63, 3.8) is 0 Å². The molecule has 1 aromatic rings. The standard InChI is InChI=1S/C18H25NO2/c1-13-8-9-19(14(2)10-13)17(20)18(21)11-16(12-18)15-6-4-3-5-7-15/h3-7,13-14,16,21H,8-12H2,1-2H3/t13-,14-,16?,18?/m1/s1. The molecule has 1 heterocycles. The van der Waals surface area contributed by atoms with Crippen LogP contribution in [0.3, 0.4) is 0 Å². The van der Waals surface area contributed by atoms with Crippen molar-refractivity contribution in [1.82, 2.24) is 4.90 Å². The zero-order chi connectivity index (χ0) is 15.0. The highest BCUT2D eigenvalue weighted by Gasteiger charge is 2.51. The van der Waals surface area contributed by atoms with Gasteiger partial charge in [0.25, 0.3) is 5.91 Å². The van der Waals surface area contributed by atoms with Crippen LogP contribution < -0.4 is 0 Å². The zero-order valence-corrected chi connectivity index (χ0v) is 13.0. The van der Waals surface area contributed by atoms with Crippen LogP contribution >= 0.6 is 0 Å². The minimum Gasteiger partial charge on any atom is -0.380 e. The largest absolute Gasteiger partial charge is 0.380 e. The first-order valence-electron chi connectivity index (χ1n) is 8.08. The smallest absolute Gasteiger partial charge is 0.254 e. The van der Waals surface area contributed by atoms with Gasteiger partial charge in [-0.25, -0.2) is 0 Å². The summed E-state index contributed by atoms with van der Waals surface area (Å²) in [6.45, 7) is 5.13. The molecular weight excluding hydrogens is 262 g/mol. The lowest BCUT2D eigenvalue weighted by Crippen LogP contribution is -2.59. The molecule has 0 unspecified atom stereocenters. The van der Waals surface area contributed by atoms with Crippen molar-refractivity contribution in [2.24, 2.45) is 5.92 Å². The summed E-state index contributed by atoms with van der Waals surface area (Å²) in [5.41, 5.74) is 0.102. The minimum atomic E-state index is -1.13. The third-order valence-electron chi connectivity index (χ3n) is 5.24. The van der Waals surface area contributed by atoms with Crippen molar-refractivity contribution in [3.05, 3.63) is 35.9 Å². The van der Waals surface area contributed by atoms with Gasteiger partial charge in [0.1, 0.15) is 5.60 Å². The fraction of sp³-hybridized carbons (Fsp3) is 0.611. The van der Waals surface area contributed by atoms with Gasteiger partial charge in [-0.2, -0.15) is 0 Å². The lowest BCUT2D eigenvalue weighted by molar-refractivity contribution is -0.166. The first-order chi connectivity index (χ1) is 9.99. The average molecular weight is 287 g/mol. The van der Waals surface area contributed by atoms with Crippen LogP contribution in [0.25, 0.3) is 0 Å². The van der Waals surface area contributed by atoms with Crippen LogP contribution in [0, 0.1) is 5.92 Å². The number of hydrogen-bond donors (Lipinski definition) is 1. The van der Waals surface area contributed by atoms with Crippen LogP contribution in [0.5, 0.6) is 0 Å². The third kappa shape index (κ3) is 2.71. The van der Waals surface area contributed by atoms with E-state index in [1.807, 2.05) is 23.1 Å². The topological polar surface area (TPSA) is 40.5 Å². The van der Waals surface area contributed by atoms with Gasteiger partial charge in [-0.15, -0.1) is 0 Å². The molecule has 0 radical (unpaired) electrons. The Hall–Kier alpha value is -1.35. The molecule has 0 spiro atoms. The van der Waals surface area contributed by atoms with E-state index in [4.69, 9.17) is 0 Å². The molecule has 1 aliphatic heterocycles. The number of carbonyl (C=O) groups excluding carboxylic acids is 1. The molecule has 2 aliphatic rings. The summed E-state index contributed by atoms with van der Waals surface area (Å²) < 4.78 is 0. The van der Waals surface area contributed by atoms with Gasteiger partial charge < -0.3 is 10.0 Å². The Labute approximate surface area is 127 Å². The summed E-state index contributed by atoms with van der Waals surface area (Å²) in [5.74, 6) is 0.949. The molecule has 114 valence electrons. The molecule has 3 nitrogen and oxygen atoms in total. The Bertz CT molecular complexity index is 507. The van der Waals surface area contributed by atoms with E-state index in [1.165, 1.54) is 5.56 Å². The number of hydrogen-bond acceptors (Lipinski definition) is 2.